The number of nitrogens with zero attached hydrogens (tertiary/aromatic N) is 1. The maximum Gasteiger partial charge on any atom is 0.268 e. The molecule has 3 atom stereocenters. The second-order valence-electron chi connectivity index (χ2n) is 13.9. The molecule has 0 rings (SSSR count). The maximum atomic E-state index is 12.7. The van der Waals surface area contributed by atoms with Gasteiger partial charge < -0.3 is 28.8 Å². The largest absolute Gasteiger partial charge is 0.756 e. The van der Waals surface area contributed by atoms with Crippen LogP contribution in [-0.4, -0.2) is 68.5 Å². The molecule has 9 heteroatoms. The number of allylic oxidation sites excluding steroid dienone is 7. The molecule has 0 aromatic heterocycles. The topological polar surface area (TPSA) is 108 Å². The first kappa shape index (κ1) is 46.5. The van der Waals surface area contributed by atoms with Crippen LogP contribution in [0.5, 0.6) is 0 Å². The van der Waals surface area contributed by atoms with Gasteiger partial charge >= 0.3 is 0 Å². The van der Waals surface area contributed by atoms with E-state index >= 15 is 0 Å². The van der Waals surface area contributed by atoms with Crippen LogP contribution in [0.2, 0.25) is 0 Å². The molecule has 0 saturated carbocycles. The number of aliphatic hydroxyl groups excluding tert-OH is 1. The van der Waals surface area contributed by atoms with Crippen molar-refractivity contribution in [3.8, 4) is 0 Å². The van der Waals surface area contributed by atoms with Crippen molar-refractivity contribution in [2.24, 2.45) is 0 Å². The molecule has 0 heterocycles. The highest BCUT2D eigenvalue weighted by Gasteiger charge is 2.23. The number of hydrogen-bond donors (Lipinski definition) is 2. The zero-order valence-electron chi connectivity index (χ0n) is 31.4. The van der Waals surface area contributed by atoms with Crippen molar-refractivity contribution < 1.29 is 32.9 Å². The van der Waals surface area contributed by atoms with E-state index in [0.29, 0.717) is 17.4 Å². The van der Waals surface area contributed by atoms with Crippen molar-refractivity contribution in [1.29, 1.82) is 0 Å². The third-order valence-corrected chi connectivity index (χ3v) is 8.93. The maximum absolute atomic E-state index is 12.7. The van der Waals surface area contributed by atoms with Crippen LogP contribution in [0.3, 0.4) is 0 Å². The summed E-state index contributed by atoms with van der Waals surface area (Å²) in [4.78, 5) is 25.1. The number of carbonyl (C=O) groups is 1. The number of phosphoric ester groups is 1. The molecule has 0 bridgehead atoms. The van der Waals surface area contributed by atoms with Crippen molar-refractivity contribution in [3.63, 3.8) is 0 Å². The summed E-state index contributed by atoms with van der Waals surface area (Å²) in [5.41, 5.74) is 0. The van der Waals surface area contributed by atoms with E-state index in [0.717, 1.165) is 70.6 Å². The smallest absolute Gasteiger partial charge is 0.268 e. The number of phosphoric acid groups is 1. The van der Waals surface area contributed by atoms with Crippen molar-refractivity contribution >= 4 is 13.7 Å². The van der Waals surface area contributed by atoms with Crippen molar-refractivity contribution in [2.75, 3.05) is 40.9 Å². The molecule has 48 heavy (non-hydrogen) atoms. The van der Waals surface area contributed by atoms with Crippen molar-refractivity contribution in [3.05, 3.63) is 48.6 Å². The summed E-state index contributed by atoms with van der Waals surface area (Å²) < 4.78 is 23.0. The van der Waals surface area contributed by atoms with Crippen molar-refractivity contribution in [2.45, 2.75) is 154 Å². The average molecular weight is 697 g/mol. The zero-order chi connectivity index (χ0) is 35.8. The van der Waals surface area contributed by atoms with Crippen LogP contribution < -0.4 is 10.2 Å². The van der Waals surface area contributed by atoms with E-state index in [4.69, 9.17) is 9.05 Å². The van der Waals surface area contributed by atoms with E-state index in [1.807, 2.05) is 27.2 Å². The van der Waals surface area contributed by atoms with Gasteiger partial charge in [-0.25, -0.2) is 0 Å². The van der Waals surface area contributed by atoms with Gasteiger partial charge in [0.2, 0.25) is 5.91 Å². The predicted molar refractivity (Wildman–Crippen MR) is 201 cm³/mol. The molecule has 0 aliphatic rings. The number of quaternary nitrogens is 1. The molecule has 3 unspecified atom stereocenters. The summed E-state index contributed by atoms with van der Waals surface area (Å²) in [6.07, 6.45) is 37.3. The third-order valence-electron chi connectivity index (χ3n) is 7.97. The molecule has 0 radical (unpaired) electrons. The van der Waals surface area contributed by atoms with E-state index in [9.17, 15) is 19.4 Å². The van der Waals surface area contributed by atoms with Gasteiger partial charge in [0.1, 0.15) is 13.2 Å². The number of likely N-dealkylation sites (N-methyl/N-ethyl adjacent to an activating group) is 1. The Kier molecular flexibility index (Phi) is 30.4. The fraction of sp³-hybridized carbons (Fsp3) is 0.769. The van der Waals surface area contributed by atoms with Crippen molar-refractivity contribution in [1.82, 2.24) is 5.32 Å². The Morgan fingerprint density at radius 1 is 0.708 bits per heavy atom. The molecule has 0 aromatic carbocycles. The number of unbranched alkanes of at least 4 members (excludes halogenated alkanes) is 14. The Hall–Kier alpha value is -1.54. The Morgan fingerprint density at radius 3 is 1.77 bits per heavy atom. The number of amides is 1. The molecular weight excluding hydrogens is 623 g/mol. The highest BCUT2D eigenvalue weighted by molar-refractivity contribution is 7.45. The van der Waals surface area contributed by atoms with Crippen LogP contribution in [-0.2, 0) is 18.4 Å². The first-order valence-electron chi connectivity index (χ1n) is 19.0. The monoisotopic (exact) mass is 697 g/mol. The Bertz CT molecular complexity index is 928. The van der Waals surface area contributed by atoms with Gasteiger partial charge in [0, 0.05) is 6.42 Å². The molecule has 8 nitrogen and oxygen atoms in total. The van der Waals surface area contributed by atoms with E-state index in [2.05, 4.69) is 55.6 Å². The summed E-state index contributed by atoms with van der Waals surface area (Å²) in [6, 6.07) is -0.911. The lowest BCUT2D eigenvalue weighted by Crippen LogP contribution is -2.45. The van der Waals surface area contributed by atoms with Gasteiger partial charge in [-0.3, -0.25) is 9.36 Å². The standard InChI is InChI=1S/C39H73N2O6P/c1-6-8-10-12-14-16-18-19-20-21-22-23-24-26-28-30-32-38(42)37(36-47-48(44,45)46-35-34-41(3,4)5)40-39(43)33-31-29-27-25-17-15-13-11-9-7-2/h11,13,19-20,23-24,30,32,37-38,42H,6-10,12,14-18,21-22,25-29,31,33-36H2,1-5H3,(H-,40,43,44,45)/b13-11-,20-19+,24-23+,32-30+. The Labute approximate surface area is 295 Å². The van der Waals surface area contributed by atoms with Gasteiger partial charge in [0.25, 0.3) is 7.82 Å². The molecule has 0 aromatic rings. The minimum atomic E-state index is -4.59. The van der Waals surface area contributed by atoms with Gasteiger partial charge in [0.05, 0.1) is 39.9 Å². The van der Waals surface area contributed by atoms with Crippen LogP contribution in [0.1, 0.15) is 142 Å². The molecule has 2 N–H and O–H groups in total. The number of rotatable bonds is 33. The highest BCUT2D eigenvalue weighted by Crippen LogP contribution is 2.38. The summed E-state index contributed by atoms with van der Waals surface area (Å²) >= 11 is 0. The summed E-state index contributed by atoms with van der Waals surface area (Å²) in [6.45, 7) is 4.50. The fourth-order valence-corrected chi connectivity index (χ4v) is 5.61. The zero-order valence-corrected chi connectivity index (χ0v) is 32.3. The SMILES string of the molecule is CCC/C=C\CCCCCCCC(=O)NC(COP(=O)([O-])OCC[N+](C)(C)C)C(O)/C=C/CC/C=C/CC/C=C/CCCCCCCC. The Balaban J connectivity index is 4.64. The minimum Gasteiger partial charge on any atom is -0.756 e. The normalized spacial score (nSPS) is 15.2. The van der Waals surface area contributed by atoms with Crippen LogP contribution >= 0.6 is 7.82 Å². The number of carbonyl (C=O) groups excluding carboxylic acids is 1. The molecule has 0 saturated heterocycles. The van der Waals surface area contributed by atoms with E-state index in [1.54, 1.807) is 6.08 Å². The summed E-state index contributed by atoms with van der Waals surface area (Å²) in [5.74, 6) is -0.228. The molecule has 1 amide bonds. The molecule has 0 aliphatic heterocycles. The summed E-state index contributed by atoms with van der Waals surface area (Å²) in [5, 5.41) is 13.6. The van der Waals surface area contributed by atoms with Crippen LogP contribution in [0.15, 0.2) is 48.6 Å². The van der Waals surface area contributed by atoms with Gasteiger partial charge in [-0.2, -0.15) is 0 Å². The van der Waals surface area contributed by atoms with Gasteiger partial charge in [-0.1, -0.05) is 120 Å². The number of nitrogens with one attached hydrogen (secondary N) is 1. The molecule has 0 fully saturated rings. The van der Waals surface area contributed by atoms with E-state index < -0.39 is 26.6 Å². The fourth-order valence-electron chi connectivity index (χ4n) is 4.89. The number of aliphatic hydroxyl groups is 1. The van der Waals surface area contributed by atoms with Gasteiger partial charge in [-0.05, 0) is 64.2 Å². The lowest BCUT2D eigenvalue weighted by molar-refractivity contribution is -0.870. The highest BCUT2D eigenvalue weighted by atomic mass is 31.2. The molecule has 0 aliphatic carbocycles. The minimum absolute atomic E-state index is 0.0121. The second-order valence-corrected chi connectivity index (χ2v) is 15.3. The average Bonchev–Trinajstić information content (AvgIpc) is 3.02. The molecule has 280 valence electrons. The van der Waals surface area contributed by atoms with E-state index in [-0.39, 0.29) is 12.5 Å². The predicted octanol–water partition coefficient (Wildman–Crippen LogP) is 9.11. The third kappa shape index (κ3) is 33.0. The first-order chi connectivity index (χ1) is 23.0. The van der Waals surface area contributed by atoms with Crippen LogP contribution in [0.25, 0.3) is 0 Å². The van der Waals surface area contributed by atoms with Crippen LogP contribution in [0.4, 0.5) is 0 Å². The Morgan fingerprint density at radius 2 is 1.21 bits per heavy atom. The van der Waals surface area contributed by atoms with Gasteiger partial charge in [-0.15, -0.1) is 0 Å². The van der Waals surface area contributed by atoms with E-state index in [1.165, 1.54) is 51.4 Å². The lowest BCUT2D eigenvalue weighted by Gasteiger charge is -2.29. The first-order valence-corrected chi connectivity index (χ1v) is 20.5. The van der Waals surface area contributed by atoms with Gasteiger partial charge in [0.15, 0.2) is 0 Å². The quantitative estimate of drug-likeness (QED) is 0.0307. The number of hydrogen-bond acceptors (Lipinski definition) is 6. The molecular formula is C39H73N2O6P. The van der Waals surface area contributed by atoms with Crippen LogP contribution in [0, 0.1) is 0 Å². The summed E-state index contributed by atoms with van der Waals surface area (Å²) in [7, 11) is 1.22. The lowest BCUT2D eigenvalue weighted by atomic mass is 10.1. The molecule has 0 spiro atoms. The second kappa shape index (κ2) is 31.4.